The number of hydrogen-bond acceptors (Lipinski definition) is 4. The summed E-state index contributed by atoms with van der Waals surface area (Å²) in [6.07, 6.45) is 3.36. The van der Waals surface area contributed by atoms with Gasteiger partial charge in [-0.15, -0.1) is 0 Å². The zero-order chi connectivity index (χ0) is 20.8. The zero-order valence-electron chi connectivity index (χ0n) is 18.0. The molecular weight excluding hydrogens is 374 g/mol. The molecule has 160 valence electrons. The van der Waals surface area contributed by atoms with E-state index in [1.54, 1.807) is 0 Å². The van der Waals surface area contributed by atoms with Gasteiger partial charge < -0.3 is 14.5 Å². The summed E-state index contributed by atoms with van der Waals surface area (Å²) in [5, 5.41) is 0. The maximum absolute atomic E-state index is 12.8. The molecule has 2 aromatic rings. The number of hydrogen-bond donors (Lipinski definition) is 0. The van der Waals surface area contributed by atoms with E-state index in [2.05, 4.69) is 35.0 Å². The molecule has 0 bridgehead atoms. The van der Waals surface area contributed by atoms with E-state index >= 15 is 0 Å². The van der Waals surface area contributed by atoms with Crippen LogP contribution in [0.5, 0.6) is 5.75 Å². The highest BCUT2D eigenvalue weighted by Crippen LogP contribution is 2.22. The van der Waals surface area contributed by atoms with Gasteiger partial charge in [-0.25, -0.2) is 0 Å². The highest BCUT2D eigenvalue weighted by Gasteiger charge is 2.28. The molecule has 1 amide bonds. The van der Waals surface area contributed by atoms with Gasteiger partial charge in [0, 0.05) is 45.2 Å². The van der Waals surface area contributed by atoms with Crippen molar-refractivity contribution in [1.29, 1.82) is 0 Å². The summed E-state index contributed by atoms with van der Waals surface area (Å²) >= 11 is 0. The first-order valence-corrected chi connectivity index (χ1v) is 11.1. The normalized spacial score (nSPS) is 20.8. The molecule has 2 heterocycles. The van der Waals surface area contributed by atoms with Crippen LogP contribution in [0.25, 0.3) is 0 Å². The Morgan fingerprint density at radius 1 is 0.967 bits per heavy atom. The van der Waals surface area contributed by atoms with Crippen LogP contribution in [0.2, 0.25) is 0 Å². The minimum Gasteiger partial charge on any atom is -0.483 e. The summed E-state index contributed by atoms with van der Waals surface area (Å²) in [5.41, 5.74) is 2.35. The van der Waals surface area contributed by atoms with Crippen LogP contribution in [0, 0.1) is 0 Å². The summed E-state index contributed by atoms with van der Waals surface area (Å²) in [5.74, 6) is 0.892. The molecule has 0 aliphatic carbocycles. The lowest BCUT2D eigenvalue weighted by atomic mass is 10.0. The van der Waals surface area contributed by atoms with Crippen LogP contribution in [-0.2, 0) is 11.2 Å². The van der Waals surface area contributed by atoms with E-state index in [9.17, 15) is 4.79 Å². The van der Waals surface area contributed by atoms with Crippen LogP contribution in [0.4, 0.5) is 0 Å². The molecule has 0 radical (unpaired) electrons. The van der Waals surface area contributed by atoms with E-state index in [-0.39, 0.29) is 12.5 Å². The summed E-state index contributed by atoms with van der Waals surface area (Å²) in [4.78, 5) is 19.7. The number of carbonyl (C=O) groups is 1. The number of likely N-dealkylation sites (N-methyl/N-ethyl adjacent to an activating group) is 1. The molecule has 5 nitrogen and oxygen atoms in total. The maximum atomic E-state index is 12.8. The fourth-order valence-electron chi connectivity index (χ4n) is 4.61. The van der Waals surface area contributed by atoms with E-state index in [0.29, 0.717) is 6.04 Å². The van der Waals surface area contributed by atoms with Crippen molar-refractivity contribution in [3.05, 3.63) is 65.7 Å². The van der Waals surface area contributed by atoms with Gasteiger partial charge in [0.25, 0.3) is 5.91 Å². The Morgan fingerprint density at radius 3 is 2.47 bits per heavy atom. The SMILES string of the molecule is CN1CCCC(N2CCN(C(=O)COc3ccccc3Cc3ccccc3)CC2)C1. The lowest BCUT2D eigenvalue weighted by Crippen LogP contribution is -2.56. The molecule has 2 aliphatic rings. The highest BCUT2D eigenvalue weighted by molar-refractivity contribution is 5.78. The molecule has 0 N–H and O–H groups in total. The summed E-state index contributed by atoms with van der Waals surface area (Å²) in [6, 6.07) is 19.0. The van der Waals surface area contributed by atoms with Crippen LogP contribution in [-0.4, -0.2) is 79.6 Å². The number of carbonyl (C=O) groups excluding carboxylic acids is 1. The van der Waals surface area contributed by atoms with Gasteiger partial charge in [0.05, 0.1) is 0 Å². The number of rotatable bonds is 6. The van der Waals surface area contributed by atoms with Gasteiger partial charge in [0.2, 0.25) is 0 Å². The van der Waals surface area contributed by atoms with Gasteiger partial charge in [0.1, 0.15) is 5.75 Å². The number of piperazine rings is 1. The second kappa shape index (κ2) is 10.1. The van der Waals surface area contributed by atoms with Gasteiger partial charge in [-0.1, -0.05) is 48.5 Å². The minimum atomic E-state index is 0.0879. The predicted molar refractivity (Wildman–Crippen MR) is 120 cm³/mol. The van der Waals surface area contributed by atoms with Crippen molar-refractivity contribution >= 4 is 5.91 Å². The highest BCUT2D eigenvalue weighted by atomic mass is 16.5. The smallest absolute Gasteiger partial charge is 0.260 e. The van der Waals surface area contributed by atoms with Gasteiger partial charge in [0.15, 0.2) is 6.61 Å². The Bertz CT molecular complexity index is 818. The number of piperidine rings is 1. The van der Waals surface area contributed by atoms with E-state index in [1.165, 1.54) is 24.9 Å². The third-order valence-electron chi connectivity index (χ3n) is 6.34. The molecular formula is C25H33N3O2. The Kier molecular flexibility index (Phi) is 7.03. The molecule has 4 rings (SSSR count). The molecule has 2 aliphatic heterocycles. The number of para-hydroxylation sites is 1. The second-order valence-corrected chi connectivity index (χ2v) is 8.53. The number of nitrogens with zero attached hydrogens (tertiary/aromatic N) is 3. The first-order chi connectivity index (χ1) is 14.7. The predicted octanol–water partition coefficient (Wildman–Crippen LogP) is 2.89. The number of likely N-dealkylation sites (tertiary alicyclic amines) is 1. The Labute approximate surface area is 180 Å². The number of amides is 1. The van der Waals surface area contributed by atoms with E-state index in [0.717, 1.165) is 50.5 Å². The summed E-state index contributed by atoms with van der Waals surface area (Å²) in [7, 11) is 2.21. The van der Waals surface area contributed by atoms with Crippen LogP contribution in [0.3, 0.4) is 0 Å². The van der Waals surface area contributed by atoms with Gasteiger partial charge in [-0.05, 0) is 43.6 Å². The minimum absolute atomic E-state index is 0.0879. The largest absolute Gasteiger partial charge is 0.483 e. The van der Waals surface area contributed by atoms with Gasteiger partial charge in [-0.3, -0.25) is 9.69 Å². The average Bonchev–Trinajstić information content (AvgIpc) is 2.79. The molecule has 1 atom stereocenters. The standard InChI is InChI=1S/C25H33N3O2/c1-26-13-7-11-23(19-26)27-14-16-28(17-15-27)25(29)20-30-24-12-6-5-10-22(24)18-21-8-3-2-4-9-21/h2-6,8-10,12,23H,7,11,13-20H2,1H3. The van der Waals surface area contributed by atoms with Crippen molar-refractivity contribution in [2.45, 2.75) is 25.3 Å². The van der Waals surface area contributed by atoms with Crippen molar-refractivity contribution in [1.82, 2.24) is 14.7 Å². The van der Waals surface area contributed by atoms with Crippen molar-refractivity contribution in [3.63, 3.8) is 0 Å². The zero-order valence-corrected chi connectivity index (χ0v) is 18.0. The molecule has 1 unspecified atom stereocenters. The molecule has 2 aromatic carbocycles. The van der Waals surface area contributed by atoms with Crippen LogP contribution in [0.1, 0.15) is 24.0 Å². The van der Waals surface area contributed by atoms with Crippen LogP contribution < -0.4 is 4.74 Å². The van der Waals surface area contributed by atoms with Crippen molar-refractivity contribution in [2.75, 3.05) is 52.9 Å². The monoisotopic (exact) mass is 407 g/mol. The quantitative estimate of drug-likeness (QED) is 0.738. The summed E-state index contributed by atoms with van der Waals surface area (Å²) in [6.45, 7) is 6.00. The van der Waals surface area contributed by atoms with E-state index in [4.69, 9.17) is 4.74 Å². The van der Waals surface area contributed by atoms with Crippen LogP contribution >= 0.6 is 0 Å². The van der Waals surface area contributed by atoms with Crippen molar-refractivity contribution in [3.8, 4) is 5.75 Å². The van der Waals surface area contributed by atoms with Crippen molar-refractivity contribution < 1.29 is 9.53 Å². The number of benzene rings is 2. The van der Waals surface area contributed by atoms with Crippen molar-refractivity contribution in [2.24, 2.45) is 0 Å². The summed E-state index contributed by atoms with van der Waals surface area (Å²) < 4.78 is 5.97. The topological polar surface area (TPSA) is 36.0 Å². The molecule has 2 fully saturated rings. The average molecular weight is 408 g/mol. The third kappa shape index (κ3) is 5.41. The Hall–Kier alpha value is -2.37. The lowest BCUT2D eigenvalue weighted by molar-refractivity contribution is -0.135. The molecule has 0 aromatic heterocycles. The van der Waals surface area contributed by atoms with Gasteiger partial charge in [-0.2, -0.15) is 0 Å². The van der Waals surface area contributed by atoms with Gasteiger partial charge >= 0.3 is 0 Å². The van der Waals surface area contributed by atoms with Crippen LogP contribution in [0.15, 0.2) is 54.6 Å². The molecule has 5 heteroatoms. The van der Waals surface area contributed by atoms with E-state index < -0.39 is 0 Å². The maximum Gasteiger partial charge on any atom is 0.260 e. The second-order valence-electron chi connectivity index (χ2n) is 8.53. The fraction of sp³-hybridized carbons (Fsp3) is 0.480. The molecule has 0 saturated carbocycles. The fourth-order valence-corrected chi connectivity index (χ4v) is 4.61. The van der Waals surface area contributed by atoms with E-state index in [1.807, 2.05) is 41.3 Å². The first kappa shape index (κ1) is 20.9. The Morgan fingerprint density at radius 2 is 1.70 bits per heavy atom. The molecule has 30 heavy (non-hydrogen) atoms. The number of ether oxygens (including phenoxy) is 1. The third-order valence-corrected chi connectivity index (χ3v) is 6.34. The lowest BCUT2D eigenvalue weighted by Gasteiger charge is -2.42. The molecule has 2 saturated heterocycles. The first-order valence-electron chi connectivity index (χ1n) is 11.1. The Balaban J connectivity index is 1.27. The molecule has 0 spiro atoms.